The van der Waals surface area contributed by atoms with Crippen LogP contribution in [-0.4, -0.2) is 0 Å². The summed E-state index contributed by atoms with van der Waals surface area (Å²) < 4.78 is 0. The van der Waals surface area contributed by atoms with Crippen LogP contribution in [0.2, 0.25) is 0 Å². The van der Waals surface area contributed by atoms with Crippen LogP contribution in [-0.2, 0) is 0 Å². The Balaban J connectivity index is 1.20. The molecule has 0 amide bonds. The summed E-state index contributed by atoms with van der Waals surface area (Å²) in [5, 5.41) is 11.3. The van der Waals surface area contributed by atoms with Gasteiger partial charge in [0.15, 0.2) is 0 Å². The van der Waals surface area contributed by atoms with Crippen LogP contribution in [0.4, 0.5) is 11.4 Å². The van der Waals surface area contributed by atoms with Crippen LogP contribution in [0.1, 0.15) is 0 Å². The lowest BCUT2D eigenvalue weighted by atomic mass is 9.94. The van der Waals surface area contributed by atoms with Gasteiger partial charge in [0.05, 0.1) is 0 Å². The van der Waals surface area contributed by atoms with Crippen molar-refractivity contribution in [3.05, 3.63) is 146 Å². The summed E-state index contributed by atoms with van der Waals surface area (Å²) in [5.74, 6) is 0. The molecular weight excluding hydrogens is 446 g/mol. The molecule has 7 rings (SSSR count). The van der Waals surface area contributed by atoms with Crippen molar-refractivity contribution in [2.24, 2.45) is 0 Å². The van der Waals surface area contributed by atoms with Gasteiger partial charge >= 0.3 is 0 Å². The predicted octanol–water partition coefficient (Wildman–Crippen LogP) is 10.2. The summed E-state index contributed by atoms with van der Waals surface area (Å²) in [6.07, 6.45) is 0. The zero-order valence-electron chi connectivity index (χ0n) is 20.4. The molecule has 7 aromatic rings. The number of hydrogen-bond donors (Lipinski definition) is 1. The predicted molar refractivity (Wildman–Crippen MR) is 160 cm³/mol. The quantitative estimate of drug-likeness (QED) is 0.252. The maximum absolute atomic E-state index is 3.60. The average molecular weight is 472 g/mol. The third-order valence-corrected chi connectivity index (χ3v) is 7.23. The van der Waals surface area contributed by atoms with Gasteiger partial charge in [-0.2, -0.15) is 0 Å². The minimum atomic E-state index is 1.07. The van der Waals surface area contributed by atoms with E-state index in [2.05, 4.69) is 151 Å². The van der Waals surface area contributed by atoms with Crippen molar-refractivity contribution in [2.75, 3.05) is 5.32 Å². The van der Waals surface area contributed by atoms with Gasteiger partial charge in [-0.15, -0.1) is 0 Å². The fraction of sp³-hybridized carbons (Fsp3) is 0. The summed E-state index contributed by atoms with van der Waals surface area (Å²) in [7, 11) is 0. The van der Waals surface area contributed by atoms with Gasteiger partial charge in [0.2, 0.25) is 0 Å². The van der Waals surface area contributed by atoms with Crippen molar-refractivity contribution in [1.82, 2.24) is 0 Å². The van der Waals surface area contributed by atoms with Crippen molar-refractivity contribution in [3.63, 3.8) is 0 Å². The molecule has 37 heavy (non-hydrogen) atoms. The summed E-state index contributed by atoms with van der Waals surface area (Å²) in [6, 6.07) is 52.1. The second-order valence-corrected chi connectivity index (χ2v) is 9.50. The average Bonchev–Trinajstić information content (AvgIpc) is 2.97. The number of benzene rings is 7. The first-order valence-corrected chi connectivity index (χ1v) is 12.7. The van der Waals surface area contributed by atoms with Crippen molar-refractivity contribution in [3.8, 4) is 22.3 Å². The van der Waals surface area contributed by atoms with E-state index in [1.807, 2.05) is 0 Å². The van der Waals surface area contributed by atoms with Gasteiger partial charge in [-0.25, -0.2) is 0 Å². The molecule has 1 nitrogen and oxygen atoms in total. The molecule has 0 aliphatic rings. The molecule has 0 aromatic heterocycles. The lowest BCUT2D eigenvalue weighted by Crippen LogP contribution is -1.91. The smallest absolute Gasteiger partial charge is 0.0390 e. The number of nitrogens with one attached hydrogen (secondary N) is 1. The molecule has 7 aromatic carbocycles. The summed E-state index contributed by atoms with van der Waals surface area (Å²) in [4.78, 5) is 0. The first-order chi connectivity index (χ1) is 18.3. The minimum absolute atomic E-state index is 1.07. The van der Waals surface area contributed by atoms with Gasteiger partial charge in [0.25, 0.3) is 0 Å². The summed E-state index contributed by atoms with van der Waals surface area (Å²) >= 11 is 0. The second kappa shape index (κ2) is 8.96. The second-order valence-electron chi connectivity index (χ2n) is 9.50. The Bertz CT molecular complexity index is 1890. The van der Waals surface area contributed by atoms with Gasteiger partial charge in [-0.05, 0) is 78.8 Å². The number of rotatable bonds is 4. The molecule has 0 unspecified atom stereocenters. The molecule has 0 spiro atoms. The van der Waals surface area contributed by atoms with Crippen LogP contribution < -0.4 is 5.32 Å². The summed E-state index contributed by atoms with van der Waals surface area (Å²) in [5.41, 5.74) is 7.09. The van der Waals surface area contributed by atoms with E-state index in [1.54, 1.807) is 0 Å². The molecule has 1 heteroatoms. The van der Waals surface area contributed by atoms with E-state index in [-0.39, 0.29) is 0 Å². The van der Waals surface area contributed by atoms with Crippen molar-refractivity contribution < 1.29 is 0 Å². The minimum Gasteiger partial charge on any atom is -0.356 e. The first kappa shape index (κ1) is 21.4. The molecule has 0 atom stereocenters. The Morgan fingerprint density at radius 3 is 1.78 bits per heavy atom. The number of hydrogen-bond acceptors (Lipinski definition) is 1. The molecule has 0 saturated heterocycles. The van der Waals surface area contributed by atoms with Crippen LogP contribution in [0, 0.1) is 0 Å². The number of fused-ring (bicyclic) bond motifs is 4. The third kappa shape index (κ3) is 3.91. The molecule has 0 bridgehead atoms. The van der Waals surface area contributed by atoms with Crippen molar-refractivity contribution in [2.45, 2.75) is 0 Å². The summed E-state index contributed by atoms with van der Waals surface area (Å²) in [6.45, 7) is 0. The monoisotopic (exact) mass is 471 g/mol. The lowest BCUT2D eigenvalue weighted by Gasteiger charge is -2.12. The van der Waals surface area contributed by atoms with E-state index < -0.39 is 0 Å². The number of anilines is 2. The normalized spacial score (nSPS) is 11.2. The molecule has 0 fully saturated rings. The van der Waals surface area contributed by atoms with Crippen molar-refractivity contribution >= 4 is 43.7 Å². The fourth-order valence-electron chi connectivity index (χ4n) is 5.43. The van der Waals surface area contributed by atoms with E-state index in [4.69, 9.17) is 0 Å². The van der Waals surface area contributed by atoms with E-state index in [0.29, 0.717) is 0 Å². The topological polar surface area (TPSA) is 12.0 Å². The molecule has 0 aliphatic heterocycles. The van der Waals surface area contributed by atoms with Gasteiger partial charge in [-0.1, -0.05) is 121 Å². The van der Waals surface area contributed by atoms with Crippen molar-refractivity contribution in [1.29, 1.82) is 0 Å². The largest absolute Gasteiger partial charge is 0.356 e. The highest BCUT2D eigenvalue weighted by molar-refractivity contribution is 6.12. The highest BCUT2D eigenvalue weighted by Gasteiger charge is 2.08. The Hall–Kier alpha value is -4.88. The SMILES string of the molecule is c1cc(Nc2ccc(-c3cccc4c3ccc3ccccc34)cc2)cc(-c2cccc3ccccc23)c1. The van der Waals surface area contributed by atoms with E-state index in [1.165, 1.54) is 54.6 Å². The van der Waals surface area contributed by atoms with Crippen LogP contribution in [0.25, 0.3) is 54.6 Å². The molecule has 0 aliphatic carbocycles. The molecular formula is C36H25N. The van der Waals surface area contributed by atoms with Gasteiger partial charge in [0.1, 0.15) is 0 Å². The molecule has 0 radical (unpaired) electrons. The third-order valence-electron chi connectivity index (χ3n) is 7.23. The van der Waals surface area contributed by atoms with E-state index in [0.717, 1.165) is 11.4 Å². The van der Waals surface area contributed by atoms with Gasteiger partial charge in [0, 0.05) is 11.4 Å². The van der Waals surface area contributed by atoms with Crippen LogP contribution in [0.3, 0.4) is 0 Å². The Morgan fingerprint density at radius 2 is 0.946 bits per heavy atom. The standard InChI is InChI=1S/C36H25N/c1-3-13-31-25(8-1)10-6-15-34(31)28-11-5-12-30(24-28)37-29-21-18-27(19-22-29)33-16-7-17-35-32-14-4-2-9-26(32)20-23-36(33)35/h1-24,37H. The van der Waals surface area contributed by atoms with Gasteiger partial charge in [-0.3, -0.25) is 0 Å². The Labute approximate surface area is 216 Å². The fourth-order valence-corrected chi connectivity index (χ4v) is 5.43. The van der Waals surface area contributed by atoms with Crippen LogP contribution >= 0.6 is 0 Å². The molecule has 1 N–H and O–H groups in total. The zero-order valence-corrected chi connectivity index (χ0v) is 20.4. The maximum Gasteiger partial charge on any atom is 0.0390 e. The zero-order chi connectivity index (χ0) is 24.6. The highest BCUT2D eigenvalue weighted by atomic mass is 14.9. The Morgan fingerprint density at radius 1 is 0.324 bits per heavy atom. The maximum atomic E-state index is 3.60. The first-order valence-electron chi connectivity index (χ1n) is 12.7. The Kier molecular flexibility index (Phi) is 5.19. The molecule has 0 saturated carbocycles. The van der Waals surface area contributed by atoms with Crippen LogP contribution in [0.15, 0.2) is 146 Å². The van der Waals surface area contributed by atoms with E-state index >= 15 is 0 Å². The lowest BCUT2D eigenvalue weighted by molar-refractivity contribution is 1.54. The highest BCUT2D eigenvalue weighted by Crippen LogP contribution is 2.34. The van der Waals surface area contributed by atoms with Gasteiger partial charge < -0.3 is 5.32 Å². The van der Waals surface area contributed by atoms with Crippen LogP contribution in [0.5, 0.6) is 0 Å². The molecule has 0 heterocycles. The van der Waals surface area contributed by atoms with E-state index in [9.17, 15) is 0 Å². The molecule has 174 valence electrons.